The van der Waals surface area contributed by atoms with Crippen molar-refractivity contribution in [2.24, 2.45) is 0 Å². The van der Waals surface area contributed by atoms with Gasteiger partial charge in [-0.25, -0.2) is 8.78 Å². The Morgan fingerprint density at radius 1 is 0.729 bits per heavy atom. The Bertz CT molecular complexity index is 1860. The lowest BCUT2D eigenvalue weighted by Gasteiger charge is -2.38. The van der Waals surface area contributed by atoms with Crippen LogP contribution in [0.2, 0.25) is 0 Å². The summed E-state index contributed by atoms with van der Waals surface area (Å²) in [5.41, 5.74) is -8.12. The minimum absolute atomic E-state index is 0.167. The zero-order chi connectivity index (χ0) is 43.6. The van der Waals surface area contributed by atoms with Gasteiger partial charge in [0.1, 0.15) is 23.9 Å². The molecule has 5 rings (SSSR count). The summed E-state index contributed by atoms with van der Waals surface area (Å²) < 4.78 is 169. The summed E-state index contributed by atoms with van der Waals surface area (Å²) in [5, 5.41) is 6.46. The molecule has 3 aromatic rings. The number of halogens is 11. The minimum atomic E-state index is -5.98. The minimum Gasteiger partial charge on any atom is -0.489 e. The van der Waals surface area contributed by atoms with Crippen LogP contribution < -0.4 is 20.1 Å². The number of hydrogen-bond acceptors (Lipinski definition) is 6. The Kier molecular flexibility index (Phi) is 15.8. The van der Waals surface area contributed by atoms with Crippen molar-refractivity contribution in [2.45, 2.75) is 50.3 Å². The highest BCUT2D eigenvalue weighted by atomic mass is 19.4. The molecule has 0 atom stereocenters. The third kappa shape index (κ3) is 12.5. The zero-order valence-corrected chi connectivity index (χ0v) is 32.7. The summed E-state index contributed by atoms with van der Waals surface area (Å²) in [6.07, 6.45) is -13.5. The molecule has 0 spiro atoms. The number of nitrogens with zero attached hydrogens (tertiary/aromatic N) is 2. The van der Waals surface area contributed by atoms with Gasteiger partial charge in [-0.3, -0.25) is 4.90 Å². The Labute approximate surface area is 336 Å². The van der Waals surface area contributed by atoms with E-state index in [1.807, 2.05) is 0 Å². The predicted octanol–water partition coefficient (Wildman–Crippen LogP) is 9.93. The highest BCUT2D eigenvalue weighted by molar-refractivity contribution is 5.49. The maximum absolute atomic E-state index is 14.7. The molecule has 2 fully saturated rings. The van der Waals surface area contributed by atoms with Crippen molar-refractivity contribution < 1.29 is 57.8 Å². The fraction of sp³-hybridized carbons (Fsp3) is 0.429. The van der Waals surface area contributed by atoms with E-state index >= 15 is 0 Å². The molecule has 2 aliphatic heterocycles. The molecule has 0 bridgehead atoms. The van der Waals surface area contributed by atoms with Crippen LogP contribution in [-0.4, -0.2) is 94.3 Å². The number of alkyl halides is 11. The third-order valence-corrected chi connectivity index (χ3v) is 9.67. The van der Waals surface area contributed by atoms with E-state index < -0.39 is 64.5 Å². The van der Waals surface area contributed by atoms with Gasteiger partial charge in [0.15, 0.2) is 0 Å². The normalized spacial score (nSPS) is 16.9. The molecule has 2 saturated heterocycles. The van der Waals surface area contributed by atoms with Crippen LogP contribution >= 0.6 is 0 Å². The molecule has 3 aromatic carbocycles. The summed E-state index contributed by atoms with van der Waals surface area (Å²) in [5.74, 6) is -4.47. The monoisotopic (exact) mass is 848 g/mol. The first-order valence-electron chi connectivity index (χ1n) is 18.6. The second kappa shape index (κ2) is 19.7. The number of ether oxygens (including phenoxy) is 2. The molecule has 2 N–H and O–H groups in total. The molecule has 0 amide bonds. The summed E-state index contributed by atoms with van der Waals surface area (Å²) in [4.78, 5) is 4.39. The summed E-state index contributed by atoms with van der Waals surface area (Å²) >= 11 is 0. The maximum Gasteiger partial charge on any atom is 0.415 e. The standard InChI is InChI=1S/C37H35F11N2O2.C5H12N2/c1-4-5-24(2)20-28(35(40,41)42)23-51-29-11-7-26(8-12-29)34(36(43,44)45,37(46,47)48)27-9-13-30(14-10-27)52-32-15-6-25(21-31(32)33(3,38)39)22-50-18-16-49-17-19-50;1-7-4-2-6-3-5-7/h4-15,20-21,49H,1,16-19,22-23H2,2-3H3;6H,2-5H2,1H3/b24-5-,28-20+;. The van der Waals surface area contributed by atoms with Crippen molar-refractivity contribution in [3.63, 3.8) is 0 Å². The number of rotatable bonds is 12. The number of piperazine rings is 2. The van der Waals surface area contributed by atoms with Crippen LogP contribution in [0, 0.1) is 0 Å². The van der Waals surface area contributed by atoms with Gasteiger partial charge in [0.05, 0.1) is 11.1 Å². The van der Waals surface area contributed by atoms with E-state index in [4.69, 9.17) is 9.47 Å². The van der Waals surface area contributed by atoms with Crippen molar-refractivity contribution in [1.82, 2.24) is 20.4 Å². The lowest BCUT2D eigenvalue weighted by atomic mass is 9.73. The van der Waals surface area contributed by atoms with Crippen molar-refractivity contribution >= 4 is 0 Å². The van der Waals surface area contributed by atoms with Crippen LogP contribution in [0.4, 0.5) is 48.3 Å². The van der Waals surface area contributed by atoms with Gasteiger partial charge in [0.2, 0.25) is 5.41 Å². The second-order valence-electron chi connectivity index (χ2n) is 14.3. The zero-order valence-electron chi connectivity index (χ0n) is 32.7. The average molecular weight is 849 g/mol. The first-order valence-corrected chi connectivity index (χ1v) is 18.6. The lowest BCUT2D eigenvalue weighted by molar-refractivity contribution is -0.288. The maximum atomic E-state index is 14.7. The SMILES string of the molecule is C=C/C=C(C)\C=C(/COc1ccc(C(c2ccc(Oc3ccc(CN4CCNCC4)cc3C(C)(F)F)cc2)(C(F)(F)F)C(F)(F)F)cc1)C(F)(F)F.CN1CCNCC1. The Balaban J connectivity index is 0.000000991. The third-order valence-electron chi connectivity index (χ3n) is 9.67. The van der Waals surface area contributed by atoms with Gasteiger partial charge < -0.3 is 25.0 Å². The number of likely N-dealkylation sites (N-methyl/N-ethyl adjacent to an activating group) is 1. The van der Waals surface area contributed by atoms with E-state index in [9.17, 15) is 48.3 Å². The van der Waals surface area contributed by atoms with Crippen molar-refractivity contribution in [2.75, 3.05) is 66.0 Å². The van der Waals surface area contributed by atoms with E-state index in [0.29, 0.717) is 68.5 Å². The van der Waals surface area contributed by atoms with Crippen molar-refractivity contribution in [3.05, 3.63) is 125 Å². The fourth-order valence-corrected chi connectivity index (χ4v) is 6.57. The quantitative estimate of drug-likeness (QED) is 0.140. The van der Waals surface area contributed by atoms with Gasteiger partial charge in [0.25, 0.3) is 5.92 Å². The molecule has 0 unspecified atom stereocenters. The Hall–Kier alpha value is -4.45. The van der Waals surface area contributed by atoms with Crippen LogP contribution in [0.15, 0.2) is 103 Å². The largest absolute Gasteiger partial charge is 0.489 e. The van der Waals surface area contributed by atoms with Gasteiger partial charge in [0, 0.05) is 65.8 Å². The van der Waals surface area contributed by atoms with E-state index in [0.717, 1.165) is 44.4 Å². The van der Waals surface area contributed by atoms with E-state index in [1.54, 1.807) is 6.07 Å². The summed E-state index contributed by atoms with van der Waals surface area (Å²) in [6.45, 7) is 12.3. The van der Waals surface area contributed by atoms with Crippen LogP contribution in [0.1, 0.15) is 36.1 Å². The molecule has 2 heterocycles. The predicted molar refractivity (Wildman–Crippen MR) is 204 cm³/mol. The molecule has 324 valence electrons. The number of hydrogen-bond donors (Lipinski definition) is 2. The smallest absolute Gasteiger partial charge is 0.415 e. The molecule has 6 nitrogen and oxygen atoms in total. The van der Waals surface area contributed by atoms with Crippen LogP contribution in [-0.2, 0) is 17.9 Å². The molecule has 0 saturated carbocycles. The van der Waals surface area contributed by atoms with E-state index in [-0.39, 0.29) is 17.1 Å². The number of benzene rings is 3. The van der Waals surface area contributed by atoms with Crippen molar-refractivity contribution in [3.8, 4) is 17.2 Å². The molecule has 59 heavy (non-hydrogen) atoms. The topological polar surface area (TPSA) is 49.0 Å². The summed E-state index contributed by atoms with van der Waals surface area (Å²) in [7, 11) is 2.15. The van der Waals surface area contributed by atoms with Crippen LogP contribution in [0.5, 0.6) is 17.2 Å². The Morgan fingerprint density at radius 3 is 1.68 bits per heavy atom. The molecule has 2 aliphatic rings. The number of nitrogens with one attached hydrogen (secondary N) is 2. The molecular weight excluding hydrogens is 801 g/mol. The molecule has 17 heteroatoms. The van der Waals surface area contributed by atoms with E-state index in [1.165, 1.54) is 44.3 Å². The van der Waals surface area contributed by atoms with Gasteiger partial charge >= 0.3 is 18.5 Å². The van der Waals surface area contributed by atoms with Gasteiger partial charge in [-0.15, -0.1) is 0 Å². The van der Waals surface area contributed by atoms with Gasteiger partial charge in [-0.2, -0.15) is 39.5 Å². The van der Waals surface area contributed by atoms with Gasteiger partial charge in [-0.05, 0) is 73.1 Å². The average Bonchev–Trinajstić information content (AvgIpc) is 3.14. The molecule has 0 radical (unpaired) electrons. The highest BCUT2D eigenvalue weighted by Gasteiger charge is 2.72. The van der Waals surface area contributed by atoms with E-state index in [2.05, 4.69) is 34.1 Å². The first kappa shape index (κ1) is 47.2. The highest BCUT2D eigenvalue weighted by Crippen LogP contribution is 2.56. The van der Waals surface area contributed by atoms with Crippen LogP contribution in [0.25, 0.3) is 0 Å². The molecule has 0 aliphatic carbocycles. The first-order chi connectivity index (χ1) is 27.6. The van der Waals surface area contributed by atoms with Gasteiger partial charge in [-0.1, -0.05) is 54.6 Å². The number of allylic oxidation sites excluding steroid dienone is 4. The summed E-state index contributed by atoms with van der Waals surface area (Å²) in [6, 6.07) is 9.09. The fourth-order valence-electron chi connectivity index (χ4n) is 6.57. The molecular formula is C42H47F11N4O2. The second-order valence-corrected chi connectivity index (χ2v) is 14.3. The Morgan fingerprint density at radius 2 is 1.24 bits per heavy atom. The van der Waals surface area contributed by atoms with Crippen molar-refractivity contribution in [1.29, 1.82) is 0 Å². The molecule has 0 aromatic heterocycles. The lowest BCUT2D eigenvalue weighted by Crippen LogP contribution is -2.54. The van der Waals surface area contributed by atoms with Crippen LogP contribution in [0.3, 0.4) is 0 Å².